The van der Waals surface area contributed by atoms with Gasteiger partial charge in [-0.05, 0) is 31.4 Å². The van der Waals surface area contributed by atoms with Crippen LogP contribution in [0.2, 0.25) is 0 Å². The Morgan fingerprint density at radius 2 is 2.16 bits per heavy atom. The van der Waals surface area contributed by atoms with Crippen LogP contribution in [0.1, 0.15) is 40.5 Å². The minimum atomic E-state index is -0.726. The SMILES string of the molecule is CCC1(C)NC(=O)C(C(C)C)N(C2CCSC2)C1=O. The minimum absolute atomic E-state index is 0.0100. The first-order valence-corrected chi connectivity index (χ1v) is 8.28. The Bertz CT molecular complexity index is 380. The predicted molar refractivity (Wildman–Crippen MR) is 78.0 cm³/mol. The Kier molecular flexibility index (Phi) is 4.14. The number of carbonyl (C=O) groups excluding carboxylic acids is 2. The van der Waals surface area contributed by atoms with Crippen molar-refractivity contribution in [3.63, 3.8) is 0 Å². The lowest BCUT2D eigenvalue weighted by molar-refractivity contribution is -0.158. The molecule has 0 spiro atoms. The van der Waals surface area contributed by atoms with Crippen molar-refractivity contribution < 1.29 is 9.59 Å². The molecule has 0 aromatic rings. The topological polar surface area (TPSA) is 49.4 Å². The summed E-state index contributed by atoms with van der Waals surface area (Å²) in [5.74, 6) is 2.30. The van der Waals surface area contributed by atoms with Crippen LogP contribution in [0.5, 0.6) is 0 Å². The maximum absolute atomic E-state index is 12.8. The van der Waals surface area contributed by atoms with Crippen molar-refractivity contribution >= 4 is 23.6 Å². The summed E-state index contributed by atoms with van der Waals surface area (Å²) >= 11 is 1.87. The Hall–Kier alpha value is -0.710. The lowest BCUT2D eigenvalue weighted by atomic mass is 9.87. The zero-order valence-corrected chi connectivity index (χ0v) is 13.0. The molecule has 0 bridgehead atoms. The van der Waals surface area contributed by atoms with Crippen LogP contribution in [0, 0.1) is 5.92 Å². The molecule has 2 fully saturated rings. The summed E-state index contributed by atoms with van der Waals surface area (Å²) < 4.78 is 0. The Labute approximate surface area is 119 Å². The van der Waals surface area contributed by atoms with Crippen molar-refractivity contribution in [2.24, 2.45) is 5.92 Å². The lowest BCUT2D eigenvalue weighted by Gasteiger charge is -2.48. The third-order valence-corrected chi connectivity index (χ3v) is 5.46. The van der Waals surface area contributed by atoms with E-state index in [0.717, 1.165) is 17.9 Å². The van der Waals surface area contributed by atoms with Gasteiger partial charge in [0.05, 0.1) is 0 Å². The maximum Gasteiger partial charge on any atom is 0.248 e. The Balaban J connectivity index is 2.34. The monoisotopic (exact) mass is 284 g/mol. The second kappa shape index (κ2) is 5.35. The highest BCUT2D eigenvalue weighted by atomic mass is 32.2. The van der Waals surface area contributed by atoms with E-state index in [9.17, 15) is 9.59 Å². The summed E-state index contributed by atoms with van der Waals surface area (Å²) in [6, 6.07) is -0.0855. The fourth-order valence-corrected chi connectivity index (χ4v) is 4.14. The maximum atomic E-state index is 12.8. The summed E-state index contributed by atoms with van der Waals surface area (Å²) in [6.07, 6.45) is 1.64. The number of nitrogens with zero attached hydrogens (tertiary/aromatic N) is 1. The molecule has 0 saturated carbocycles. The standard InChI is InChI=1S/C14H24N2O2S/c1-5-14(4)13(18)16(10-6-7-19-8-10)11(9(2)3)12(17)15-14/h9-11H,5-8H2,1-4H3,(H,15,17). The fraction of sp³-hybridized carbons (Fsp3) is 0.857. The molecule has 3 unspecified atom stereocenters. The second-order valence-corrected chi connectivity index (χ2v) is 7.24. The van der Waals surface area contributed by atoms with Crippen LogP contribution in [0.4, 0.5) is 0 Å². The van der Waals surface area contributed by atoms with E-state index >= 15 is 0 Å². The van der Waals surface area contributed by atoms with Crippen LogP contribution in [0.15, 0.2) is 0 Å². The summed E-state index contributed by atoms with van der Waals surface area (Å²) in [6.45, 7) is 7.83. The number of piperazine rings is 1. The molecule has 108 valence electrons. The molecular weight excluding hydrogens is 260 g/mol. The van der Waals surface area contributed by atoms with Gasteiger partial charge in [-0.3, -0.25) is 9.59 Å². The van der Waals surface area contributed by atoms with Gasteiger partial charge in [-0.25, -0.2) is 0 Å². The molecule has 2 heterocycles. The van der Waals surface area contributed by atoms with Gasteiger partial charge in [-0.2, -0.15) is 11.8 Å². The normalized spacial score (nSPS) is 35.9. The van der Waals surface area contributed by atoms with Crippen LogP contribution in [0.3, 0.4) is 0 Å². The molecular formula is C14H24N2O2S. The molecule has 2 amide bonds. The zero-order valence-electron chi connectivity index (χ0n) is 12.2. The molecule has 1 N–H and O–H groups in total. The highest BCUT2D eigenvalue weighted by Gasteiger charge is 2.50. The van der Waals surface area contributed by atoms with E-state index in [0.29, 0.717) is 6.42 Å². The quantitative estimate of drug-likeness (QED) is 0.857. The van der Waals surface area contributed by atoms with Crippen LogP contribution < -0.4 is 5.32 Å². The average Bonchev–Trinajstić information content (AvgIpc) is 2.86. The number of nitrogens with one attached hydrogen (secondary N) is 1. The molecule has 5 heteroatoms. The first-order chi connectivity index (χ1) is 8.90. The molecule has 2 aliphatic heterocycles. The molecule has 2 rings (SSSR count). The Morgan fingerprint density at radius 3 is 2.63 bits per heavy atom. The first-order valence-electron chi connectivity index (χ1n) is 7.13. The van der Waals surface area contributed by atoms with E-state index in [1.54, 1.807) is 0 Å². The average molecular weight is 284 g/mol. The van der Waals surface area contributed by atoms with Crippen molar-refractivity contribution in [3.05, 3.63) is 0 Å². The van der Waals surface area contributed by atoms with Crippen molar-refractivity contribution in [1.29, 1.82) is 0 Å². The van der Waals surface area contributed by atoms with Gasteiger partial charge in [0.2, 0.25) is 11.8 Å². The molecule has 0 aromatic heterocycles. The highest BCUT2D eigenvalue weighted by molar-refractivity contribution is 7.99. The smallest absolute Gasteiger partial charge is 0.248 e. The lowest BCUT2D eigenvalue weighted by Crippen LogP contribution is -2.72. The molecule has 3 atom stereocenters. The van der Waals surface area contributed by atoms with Crippen LogP contribution in [-0.4, -0.2) is 45.8 Å². The van der Waals surface area contributed by atoms with Gasteiger partial charge < -0.3 is 10.2 Å². The fourth-order valence-electron chi connectivity index (χ4n) is 2.93. The van der Waals surface area contributed by atoms with Gasteiger partial charge >= 0.3 is 0 Å². The number of hydrogen-bond donors (Lipinski definition) is 1. The number of thioether (sulfide) groups is 1. The van der Waals surface area contributed by atoms with E-state index in [4.69, 9.17) is 0 Å². The third kappa shape index (κ3) is 2.49. The van der Waals surface area contributed by atoms with Gasteiger partial charge in [-0.15, -0.1) is 0 Å². The van der Waals surface area contributed by atoms with Crippen molar-refractivity contribution in [2.45, 2.75) is 58.2 Å². The van der Waals surface area contributed by atoms with Crippen LogP contribution in [-0.2, 0) is 9.59 Å². The van der Waals surface area contributed by atoms with E-state index < -0.39 is 5.54 Å². The highest BCUT2D eigenvalue weighted by Crippen LogP contribution is 2.32. The van der Waals surface area contributed by atoms with Crippen LogP contribution in [0.25, 0.3) is 0 Å². The summed E-state index contributed by atoms with van der Waals surface area (Å²) in [5, 5.41) is 2.94. The summed E-state index contributed by atoms with van der Waals surface area (Å²) in [4.78, 5) is 27.1. The molecule has 0 aromatic carbocycles. The van der Waals surface area contributed by atoms with Crippen molar-refractivity contribution in [1.82, 2.24) is 10.2 Å². The van der Waals surface area contributed by atoms with Gasteiger partial charge in [0.1, 0.15) is 11.6 Å². The number of amides is 2. The molecule has 2 saturated heterocycles. The third-order valence-electron chi connectivity index (χ3n) is 4.31. The number of carbonyl (C=O) groups is 2. The molecule has 4 nitrogen and oxygen atoms in total. The van der Waals surface area contributed by atoms with E-state index in [1.807, 2.05) is 44.4 Å². The van der Waals surface area contributed by atoms with Crippen molar-refractivity contribution in [3.8, 4) is 0 Å². The summed E-state index contributed by atoms with van der Waals surface area (Å²) in [5.41, 5.74) is -0.726. The molecule has 19 heavy (non-hydrogen) atoms. The molecule has 0 radical (unpaired) electrons. The van der Waals surface area contributed by atoms with Gasteiger partial charge in [0.25, 0.3) is 0 Å². The van der Waals surface area contributed by atoms with Gasteiger partial charge in [-0.1, -0.05) is 20.8 Å². The zero-order chi connectivity index (χ0) is 14.2. The Morgan fingerprint density at radius 1 is 1.47 bits per heavy atom. The van der Waals surface area contributed by atoms with Crippen LogP contribution >= 0.6 is 11.8 Å². The van der Waals surface area contributed by atoms with Crippen molar-refractivity contribution in [2.75, 3.05) is 11.5 Å². The second-order valence-electron chi connectivity index (χ2n) is 6.09. The molecule has 0 aliphatic carbocycles. The van der Waals surface area contributed by atoms with E-state index in [1.165, 1.54) is 0 Å². The predicted octanol–water partition coefficient (Wildman–Crippen LogP) is 1.64. The van der Waals surface area contributed by atoms with E-state index in [-0.39, 0.29) is 29.8 Å². The van der Waals surface area contributed by atoms with Gasteiger partial charge in [0, 0.05) is 11.8 Å². The minimum Gasteiger partial charge on any atom is -0.340 e. The largest absolute Gasteiger partial charge is 0.340 e. The van der Waals surface area contributed by atoms with E-state index in [2.05, 4.69) is 5.32 Å². The van der Waals surface area contributed by atoms with Gasteiger partial charge in [0.15, 0.2) is 0 Å². The first kappa shape index (κ1) is 14.7. The number of hydrogen-bond acceptors (Lipinski definition) is 3. The number of rotatable bonds is 3. The summed E-state index contributed by atoms with van der Waals surface area (Å²) in [7, 11) is 0. The molecule has 2 aliphatic rings.